The first-order valence-electron chi connectivity index (χ1n) is 31.5. The van der Waals surface area contributed by atoms with Gasteiger partial charge in [-0.25, -0.2) is 0 Å². The molecule has 0 aliphatic rings. The van der Waals surface area contributed by atoms with Crippen LogP contribution in [0.4, 0.5) is 0 Å². The highest BCUT2D eigenvalue weighted by atomic mass is 31.2. The molecule has 0 heterocycles. The number of hydrogen-bond donors (Lipinski definition) is 0. The number of phosphoric acid groups is 1. The van der Waals surface area contributed by atoms with Crippen LogP contribution in [0.1, 0.15) is 232 Å². The Balaban J connectivity index is 4.19. The predicted octanol–water partition coefficient (Wildman–Crippen LogP) is 19.6. The van der Waals surface area contributed by atoms with Gasteiger partial charge in [0.2, 0.25) is 0 Å². The summed E-state index contributed by atoms with van der Waals surface area (Å²) in [6.45, 7) is 3.99. The molecule has 0 fully saturated rings. The van der Waals surface area contributed by atoms with Crippen LogP contribution in [0.5, 0.6) is 0 Å². The molecule has 0 saturated heterocycles. The molecule has 0 aliphatic heterocycles. The Morgan fingerprint density at radius 3 is 1.00 bits per heavy atom. The van der Waals surface area contributed by atoms with Gasteiger partial charge in [0.05, 0.1) is 27.7 Å². The minimum atomic E-state index is -4.65. The van der Waals surface area contributed by atoms with Gasteiger partial charge in [-0.05, 0) is 116 Å². The van der Waals surface area contributed by atoms with E-state index in [1.807, 2.05) is 21.1 Å². The third-order valence-corrected chi connectivity index (χ3v) is 13.8. The van der Waals surface area contributed by atoms with Crippen molar-refractivity contribution in [3.05, 3.63) is 146 Å². The van der Waals surface area contributed by atoms with Gasteiger partial charge in [0.25, 0.3) is 7.82 Å². The normalized spacial score (nSPS) is 14.2. The Hall–Kier alpha value is -4.11. The van der Waals surface area contributed by atoms with Crippen LogP contribution in [0.15, 0.2) is 146 Å². The molecule has 0 rings (SSSR count). The van der Waals surface area contributed by atoms with E-state index in [0.29, 0.717) is 17.4 Å². The SMILES string of the molecule is CC/C=C\C/C=C\C/C=C\C/C=C\C/C=C\C/C=C\C/C=C\C/C=C\CCCCCCCCCCC(=O)OC(COC(=O)CCCCCCCCCCCC/C=C\C/C=C\C/C=C\C/C=C\CC)COP(=O)([O-])OCC[N+](C)(C)C. The van der Waals surface area contributed by atoms with Crippen molar-refractivity contribution in [2.45, 2.75) is 238 Å². The number of phosphoric ester groups is 1. The number of quaternary nitrogens is 1. The Morgan fingerprint density at radius 2 is 0.675 bits per heavy atom. The van der Waals surface area contributed by atoms with Crippen LogP contribution in [0.25, 0.3) is 0 Å². The van der Waals surface area contributed by atoms with E-state index in [2.05, 4.69) is 160 Å². The van der Waals surface area contributed by atoms with Crippen molar-refractivity contribution in [1.29, 1.82) is 0 Å². The molecule has 10 heteroatoms. The minimum Gasteiger partial charge on any atom is -0.756 e. The van der Waals surface area contributed by atoms with E-state index in [-0.39, 0.29) is 26.1 Å². The van der Waals surface area contributed by atoms with Crippen LogP contribution in [0, 0.1) is 0 Å². The van der Waals surface area contributed by atoms with Crippen molar-refractivity contribution in [1.82, 2.24) is 0 Å². The first kappa shape index (κ1) is 75.9. The van der Waals surface area contributed by atoms with Gasteiger partial charge >= 0.3 is 11.9 Å². The van der Waals surface area contributed by atoms with Crippen molar-refractivity contribution < 1.29 is 42.1 Å². The Morgan fingerprint density at radius 1 is 0.388 bits per heavy atom. The van der Waals surface area contributed by atoms with Crippen molar-refractivity contribution in [2.24, 2.45) is 0 Å². The lowest BCUT2D eigenvalue weighted by atomic mass is 10.1. The second-order valence-electron chi connectivity index (χ2n) is 21.7. The molecular weight excluding hydrogens is 1010 g/mol. The number of likely N-dealkylation sites (N-methyl/N-ethyl adjacent to an activating group) is 1. The van der Waals surface area contributed by atoms with Crippen molar-refractivity contribution in [3.8, 4) is 0 Å². The van der Waals surface area contributed by atoms with Gasteiger partial charge in [0.15, 0.2) is 6.10 Å². The standard InChI is InChI=1S/C70H116NO8P/c1-6-8-10-12-14-16-18-20-22-24-26-28-30-31-32-33-34-35-36-37-38-39-41-43-45-47-49-51-53-55-57-59-61-63-70(73)79-68(67-78-80(74,75)77-65-64-71(3,4)5)66-76-69(72)62-60-58-56-54-52-50-48-46-44-42-40-29-27-25-23-21-19-17-15-13-11-9-7-2/h8-11,14-17,20-23,26-29,31-32,34-35,37-38,41,43,68H,6-7,12-13,18-19,24-25,30,33,36,39-40,42,44-67H2,1-5H3/b10-8-,11-9-,16-14-,17-15-,22-20-,23-21-,28-26-,29-27-,32-31-,35-34-,38-37-,43-41-. The fourth-order valence-electron chi connectivity index (χ4n) is 8.07. The molecule has 0 bridgehead atoms. The quantitative estimate of drug-likeness (QED) is 0.0195. The van der Waals surface area contributed by atoms with Gasteiger partial charge in [-0.2, -0.15) is 0 Å². The van der Waals surface area contributed by atoms with Gasteiger partial charge in [-0.1, -0.05) is 250 Å². The zero-order valence-electron chi connectivity index (χ0n) is 51.5. The number of ether oxygens (including phenoxy) is 2. The second-order valence-corrected chi connectivity index (χ2v) is 23.1. The third kappa shape index (κ3) is 63.1. The number of esters is 2. The monoisotopic (exact) mass is 1130 g/mol. The molecule has 0 amide bonds. The number of hydrogen-bond acceptors (Lipinski definition) is 8. The highest BCUT2D eigenvalue weighted by Crippen LogP contribution is 2.38. The van der Waals surface area contributed by atoms with E-state index in [9.17, 15) is 19.0 Å². The second kappa shape index (κ2) is 59.5. The van der Waals surface area contributed by atoms with E-state index in [0.717, 1.165) is 135 Å². The van der Waals surface area contributed by atoms with Crippen LogP contribution in [-0.4, -0.2) is 70.0 Å². The van der Waals surface area contributed by atoms with Crippen molar-refractivity contribution >= 4 is 19.8 Å². The van der Waals surface area contributed by atoms with E-state index in [1.165, 1.54) is 64.2 Å². The van der Waals surface area contributed by atoms with Crippen LogP contribution in [-0.2, 0) is 32.7 Å². The summed E-state index contributed by atoms with van der Waals surface area (Å²) in [5, 5.41) is 0. The molecule has 0 spiro atoms. The maximum absolute atomic E-state index is 12.8. The molecule has 0 aliphatic carbocycles. The van der Waals surface area contributed by atoms with Gasteiger partial charge in [0.1, 0.15) is 19.8 Å². The van der Waals surface area contributed by atoms with Crippen LogP contribution >= 0.6 is 7.82 Å². The fraction of sp³-hybridized carbons (Fsp3) is 0.629. The number of allylic oxidation sites excluding steroid dienone is 24. The first-order valence-corrected chi connectivity index (χ1v) is 33.0. The van der Waals surface area contributed by atoms with E-state index < -0.39 is 32.5 Å². The highest BCUT2D eigenvalue weighted by Gasteiger charge is 2.22. The van der Waals surface area contributed by atoms with E-state index in [4.69, 9.17) is 18.5 Å². The molecule has 0 N–H and O–H groups in total. The number of carbonyl (C=O) groups is 2. The molecule has 0 radical (unpaired) electrons. The smallest absolute Gasteiger partial charge is 0.306 e. The summed E-state index contributed by atoms with van der Waals surface area (Å²) in [7, 11) is 1.14. The number of unbranched alkanes of at least 4 members (excludes halogenated alkanes) is 18. The molecule has 80 heavy (non-hydrogen) atoms. The summed E-state index contributed by atoms with van der Waals surface area (Å²) in [5.41, 5.74) is 0. The molecule has 2 atom stereocenters. The summed E-state index contributed by atoms with van der Waals surface area (Å²) in [4.78, 5) is 38.0. The third-order valence-electron chi connectivity index (χ3n) is 12.9. The van der Waals surface area contributed by atoms with Crippen molar-refractivity contribution in [2.75, 3.05) is 47.5 Å². The average Bonchev–Trinajstić information content (AvgIpc) is 3.42. The minimum absolute atomic E-state index is 0.0411. The Bertz CT molecular complexity index is 1860. The number of rotatable bonds is 56. The zero-order valence-corrected chi connectivity index (χ0v) is 52.4. The largest absolute Gasteiger partial charge is 0.756 e. The summed E-state index contributed by atoms with van der Waals surface area (Å²) in [6.07, 6.45) is 87.5. The maximum Gasteiger partial charge on any atom is 0.306 e. The Kier molecular flexibility index (Phi) is 56.5. The lowest BCUT2D eigenvalue weighted by molar-refractivity contribution is -0.870. The lowest BCUT2D eigenvalue weighted by Crippen LogP contribution is -2.37. The van der Waals surface area contributed by atoms with Crippen LogP contribution in [0.2, 0.25) is 0 Å². The Labute approximate surface area is 491 Å². The van der Waals surface area contributed by atoms with Gasteiger partial charge in [-0.3, -0.25) is 14.2 Å². The molecule has 0 aromatic heterocycles. The maximum atomic E-state index is 12.8. The van der Waals surface area contributed by atoms with E-state index >= 15 is 0 Å². The summed E-state index contributed by atoms with van der Waals surface area (Å²) >= 11 is 0. The summed E-state index contributed by atoms with van der Waals surface area (Å²) in [6, 6.07) is 0. The highest BCUT2D eigenvalue weighted by molar-refractivity contribution is 7.45. The van der Waals surface area contributed by atoms with Crippen molar-refractivity contribution in [3.63, 3.8) is 0 Å². The predicted molar refractivity (Wildman–Crippen MR) is 341 cm³/mol. The van der Waals surface area contributed by atoms with Gasteiger partial charge in [-0.15, -0.1) is 0 Å². The van der Waals surface area contributed by atoms with Gasteiger partial charge < -0.3 is 27.9 Å². The fourth-order valence-corrected chi connectivity index (χ4v) is 8.80. The number of nitrogens with zero attached hydrogens (tertiary/aromatic N) is 1. The van der Waals surface area contributed by atoms with Gasteiger partial charge in [0, 0.05) is 12.8 Å². The molecule has 0 aromatic carbocycles. The summed E-state index contributed by atoms with van der Waals surface area (Å²) in [5.74, 6) is -0.856. The average molecular weight is 1130 g/mol. The first-order chi connectivity index (χ1) is 39.0. The number of carbonyl (C=O) groups excluding carboxylic acids is 2. The molecule has 0 saturated carbocycles. The molecular formula is C70H116NO8P. The lowest BCUT2D eigenvalue weighted by Gasteiger charge is -2.28. The molecule has 2 unspecified atom stereocenters. The topological polar surface area (TPSA) is 111 Å². The van der Waals surface area contributed by atoms with Crippen LogP contribution in [0.3, 0.4) is 0 Å². The summed E-state index contributed by atoms with van der Waals surface area (Å²) < 4.78 is 34.2. The van der Waals surface area contributed by atoms with E-state index in [1.54, 1.807) is 0 Å². The zero-order chi connectivity index (χ0) is 58.4. The molecule has 0 aromatic rings. The molecule has 454 valence electrons. The van der Waals surface area contributed by atoms with Crippen LogP contribution < -0.4 is 4.89 Å². The molecule has 9 nitrogen and oxygen atoms in total.